The van der Waals surface area contributed by atoms with Gasteiger partial charge in [0.1, 0.15) is 5.82 Å². The minimum absolute atomic E-state index is 0.225. The van der Waals surface area contributed by atoms with Crippen LogP contribution in [0.25, 0.3) is 0 Å². The summed E-state index contributed by atoms with van der Waals surface area (Å²) in [6, 6.07) is 9.09. The lowest BCUT2D eigenvalue weighted by atomic mass is 9.80. The molecule has 2 unspecified atom stereocenters. The van der Waals surface area contributed by atoms with Crippen LogP contribution in [-0.4, -0.2) is 34.2 Å². The smallest absolute Gasteiger partial charge is 0.170 e. The Balaban J connectivity index is 1.34. The van der Waals surface area contributed by atoms with E-state index >= 15 is 0 Å². The molecule has 0 radical (unpaired) electrons. The Labute approximate surface area is 155 Å². The summed E-state index contributed by atoms with van der Waals surface area (Å²) in [5, 5.41) is 7.37. The number of rotatable bonds is 3. The van der Waals surface area contributed by atoms with E-state index in [1.54, 1.807) is 12.1 Å². The van der Waals surface area contributed by atoms with Crippen molar-refractivity contribution in [3.8, 4) is 0 Å². The highest BCUT2D eigenvalue weighted by atomic mass is 32.1. The number of nitrogens with zero attached hydrogens (tertiary/aromatic N) is 1. The van der Waals surface area contributed by atoms with Crippen LogP contribution in [0.4, 0.5) is 10.1 Å². The average Bonchev–Trinajstić information content (AvgIpc) is 3.10. The topological polar surface area (TPSA) is 27.3 Å². The van der Waals surface area contributed by atoms with Crippen LogP contribution in [0.15, 0.2) is 24.3 Å². The van der Waals surface area contributed by atoms with Gasteiger partial charge < -0.3 is 10.6 Å². The Hall–Kier alpha value is -1.20. The van der Waals surface area contributed by atoms with E-state index in [1.165, 1.54) is 69.9 Å². The molecular formula is C20H28FN3S. The zero-order valence-electron chi connectivity index (χ0n) is 14.7. The first kappa shape index (κ1) is 17.2. The molecule has 5 heteroatoms. The van der Waals surface area contributed by atoms with E-state index < -0.39 is 0 Å². The maximum absolute atomic E-state index is 13.0. The molecule has 2 atom stereocenters. The molecule has 25 heavy (non-hydrogen) atoms. The Kier molecular flexibility index (Phi) is 5.23. The van der Waals surface area contributed by atoms with Crippen LogP contribution in [0.1, 0.15) is 57.8 Å². The highest BCUT2D eigenvalue weighted by Gasteiger charge is 2.42. The maximum Gasteiger partial charge on any atom is 0.170 e. The first-order valence-electron chi connectivity index (χ1n) is 9.79. The molecule has 1 aliphatic carbocycles. The van der Waals surface area contributed by atoms with Crippen molar-refractivity contribution in [3.63, 3.8) is 0 Å². The summed E-state index contributed by atoms with van der Waals surface area (Å²) in [4.78, 5) is 2.88. The van der Waals surface area contributed by atoms with Crippen LogP contribution >= 0.6 is 12.2 Å². The molecule has 1 aromatic carbocycles. The van der Waals surface area contributed by atoms with E-state index in [9.17, 15) is 4.39 Å². The molecular weight excluding hydrogens is 333 g/mol. The van der Waals surface area contributed by atoms with Gasteiger partial charge in [0.2, 0.25) is 0 Å². The molecule has 0 amide bonds. The van der Waals surface area contributed by atoms with Crippen molar-refractivity contribution >= 4 is 23.0 Å². The van der Waals surface area contributed by atoms with Crippen molar-refractivity contribution in [3.05, 3.63) is 30.1 Å². The van der Waals surface area contributed by atoms with Gasteiger partial charge in [0, 0.05) is 29.9 Å². The first-order valence-corrected chi connectivity index (χ1v) is 10.2. The third-order valence-electron chi connectivity index (χ3n) is 6.21. The largest absolute Gasteiger partial charge is 0.360 e. The van der Waals surface area contributed by atoms with E-state index in [0.717, 1.165) is 23.8 Å². The van der Waals surface area contributed by atoms with Crippen LogP contribution in [0.5, 0.6) is 0 Å². The molecule has 4 rings (SSSR count). The van der Waals surface area contributed by atoms with Gasteiger partial charge in [-0.15, -0.1) is 0 Å². The summed E-state index contributed by atoms with van der Waals surface area (Å²) in [5.41, 5.74) is 0.836. The maximum atomic E-state index is 13.0. The number of fused-ring (bicyclic) bond motifs is 2. The monoisotopic (exact) mass is 361 g/mol. The molecule has 3 fully saturated rings. The zero-order valence-corrected chi connectivity index (χ0v) is 15.5. The highest BCUT2D eigenvalue weighted by molar-refractivity contribution is 7.80. The number of halogens is 1. The number of hydrogen-bond donors (Lipinski definition) is 2. The third kappa shape index (κ3) is 3.98. The summed E-state index contributed by atoms with van der Waals surface area (Å²) in [7, 11) is 0. The van der Waals surface area contributed by atoms with Gasteiger partial charge in [0.15, 0.2) is 5.11 Å². The molecule has 3 aliphatic rings. The second-order valence-corrected chi connectivity index (χ2v) is 8.31. The first-order chi connectivity index (χ1) is 12.2. The van der Waals surface area contributed by atoms with Gasteiger partial charge in [-0.3, -0.25) is 4.90 Å². The summed E-state index contributed by atoms with van der Waals surface area (Å²) < 4.78 is 13.0. The van der Waals surface area contributed by atoms with Gasteiger partial charge in [-0.2, -0.15) is 0 Å². The summed E-state index contributed by atoms with van der Waals surface area (Å²) in [6.07, 6.45) is 12.1. The fourth-order valence-corrected chi connectivity index (χ4v) is 5.50. The van der Waals surface area contributed by atoms with E-state index in [2.05, 4.69) is 15.5 Å². The van der Waals surface area contributed by atoms with Gasteiger partial charge >= 0.3 is 0 Å². The average molecular weight is 362 g/mol. The molecule has 1 aromatic rings. The SMILES string of the molecule is Fc1ccc(NC(=S)NC2CC3CCCC(C2)N3C2CCCC2)cc1. The Morgan fingerprint density at radius 2 is 1.52 bits per heavy atom. The van der Waals surface area contributed by atoms with Crippen LogP contribution in [0.3, 0.4) is 0 Å². The molecule has 0 aromatic heterocycles. The molecule has 2 saturated heterocycles. The number of piperidine rings is 2. The van der Waals surface area contributed by atoms with E-state index in [4.69, 9.17) is 12.2 Å². The van der Waals surface area contributed by atoms with Gasteiger partial charge in [0.25, 0.3) is 0 Å². The number of benzene rings is 1. The van der Waals surface area contributed by atoms with Gasteiger partial charge in [-0.25, -0.2) is 4.39 Å². The summed E-state index contributed by atoms with van der Waals surface area (Å²) in [6.45, 7) is 0. The molecule has 2 aliphatic heterocycles. The third-order valence-corrected chi connectivity index (χ3v) is 6.43. The van der Waals surface area contributed by atoms with Crippen LogP contribution < -0.4 is 10.6 Å². The van der Waals surface area contributed by atoms with Crippen molar-refractivity contribution in [2.24, 2.45) is 0 Å². The molecule has 1 saturated carbocycles. The molecule has 2 bridgehead atoms. The summed E-state index contributed by atoms with van der Waals surface area (Å²) >= 11 is 5.49. The second-order valence-electron chi connectivity index (χ2n) is 7.90. The lowest BCUT2D eigenvalue weighted by molar-refractivity contribution is -0.00596. The van der Waals surface area contributed by atoms with E-state index in [1.807, 2.05) is 0 Å². The van der Waals surface area contributed by atoms with Crippen LogP contribution in [0.2, 0.25) is 0 Å². The minimum atomic E-state index is -0.225. The number of nitrogens with one attached hydrogen (secondary N) is 2. The van der Waals surface area contributed by atoms with Crippen molar-refractivity contribution < 1.29 is 4.39 Å². The molecule has 2 heterocycles. The normalized spacial score (nSPS) is 30.2. The Morgan fingerprint density at radius 1 is 0.920 bits per heavy atom. The predicted molar refractivity (Wildman–Crippen MR) is 104 cm³/mol. The molecule has 2 N–H and O–H groups in total. The highest BCUT2D eigenvalue weighted by Crippen LogP contribution is 2.39. The number of anilines is 1. The standard InChI is InChI=1S/C20H28FN3S/c21-14-8-10-15(11-9-14)22-20(25)23-16-12-18-6-3-7-19(13-16)24(18)17-4-1-2-5-17/h8-11,16-19H,1-7,12-13H2,(H2,22,23,25). The van der Waals surface area contributed by atoms with E-state index in [-0.39, 0.29) is 5.82 Å². The zero-order chi connectivity index (χ0) is 17.2. The summed E-state index contributed by atoms with van der Waals surface area (Å²) in [5.74, 6) is -0.225. The Morgan fingerprint density at radius 3 is 2.16 bits per heavy atom. The quantitative estimate of drug-likeness (QED) is 0.779. The second kappa shape index (κ2) is 7.58. The van der Waals surface area contributed by atoms with Crippen LogP contribution in [-0.2, 0) is 0 Å². The number of hydrogen-bond acceptors (Lipinski definition) is 2. The predicted octanol–water partition coefficient (Wildman–Crippen LogP) is 4.44. The fraction of sp³-hybridized carbons (Fsp3) is 0.650. The van der Waals surface area contributed by atoms with E-state index in [0.29, 0.717) is 11.2 Å². The van der Waals surface area contributed by atoms with Gasteiger partial charge in [0.05, 0.1) is 0 Å². The van der Waals surface area contributed by atoms with Crippen molar-refractivity contribution in [2.45, 2.75) is 82.0 Å². The molecule has 3 nitrogen and oxygen atoms in total. The van der Waals surface area contributed by atoms with Crippen molar-refractivity contribution in [1.82, 2.24) is 10.2 Å². The lowest BCUT2D eigenvalue weighted by Gasteiger charge is -2.52. The lowest BCUT2D eigenvalue weighted by Crippen LogP contribution is -2.59. The van der Waals surface area contributed by atoms with Crippen molar-refractivity contribution in [1.29, 1.82) is 0 Å². The minimum Gasteiger partial charge on any atom is -0.360 e. The van der Waals surface area contributed by atoms with Crippen molar-refractivity contribution in [2.75, 3.05) is 5.32 Å². The molecule has 0 spiro atoms. The van der Waals surface area contributed by atoms with Gasteiger partial charge in [-0.1, -0.05) is 19.3 Å². The Bertz CT molecular complexity index is 585. The molecule has 136 valence electrons. The van der Waals surface area contributed by atoms with Gasteiger partial charge in [-0.05, 0) is 75.0 Å². The fourth-order valence-electron chi connectivity index (χ4n) is 5.22. The number of thiocarbonyl (C=S) groups is 1. The van der Waals surface area contributed by atoms with Crippen LogP contribution in [0, 0.1) is 5.82 Å².